The Bertz CT molecular complexity index is 760. The van der Waals surface area contributed by atoms with Gasteiger partial charge < -0.3 is 0 Å². The van der Waals surface area contributed by atoms with E-state index in [2.05, 4.69) is 66.7 Å². The zero-order chi connectivity index (χ0) is 16.2. The first-order valence-corrected chi connectivity index (χ1v) is 8.60. The van der Waals surface area contributed by atoms with Crippen LogP contribution in [-0.2, 0) is 18.3 Å². The van der Waals surface area contributed by atoms with Crippen molar-refractivity contribution in [2.24, 2.45) is 0 Å². The average molecular weight is 292 g/mol. The molecule has 0 aliphatic heterocycles. The summed E-state index contributed by atoms with van der Waals surface area (Å²) in [6, 6.07) is 7.30. The lowest BCUT2D eigenvalue weighted by Crippen LogP contribution is -2.18. The molecule has 0 N–H and O–H groups in total. The van der Waals surface area contributed by atoms with E-state index in [0.29, 0.717) is 0 Å². The molecule has 0 bridgehead atoms. The van der Waals surface area contributed by atoms with Gasteiger partial charge in [-0.2, -0.15) is 0 Å². The Morgan fingerprint density at radius 3 is 2.00 bits per heavy atom. The van der Waals surface area contributed by atoms with E-state index in [9.17, 15) is 0 Å². The molecule has 0 unspecified atom stereocenters. The minimum absolute atomic E-state index is 0.113. The van der Waals surface area contributed by atoms with Gasteiger partial charge in [0.15, 0.2) is 0 Å². The van der Waals surface area contributed by atoms with Crippen molar-refractivity contribution < 1.29 is 0 Å². The summed E-state index contributed by atoms with van der Waals surface area (Å²) < 4.78 is 0. The van der Waals surface area contributed by atoms with Crippen molar-refractivity contribution in [2.45, 2.75) is 66.7 Å². The maximum atomic E-state index is 2.45. The molecule has 22 heavy (non-hydrogen) atoms. The van der Waals surface area contributed by atoms with Gasteiger partial charge in [-0.15, -0.1) is 0 Å². The molecule has 0 saturated heterocycles. The number of aryl methyl sites for hydroxylation is 4. The van der Waals surface area contributed by atoms with Crippen LogP contribution in [0, 0.1) is 20.8 Å². The first kappa shape index (κ1) is 15.3. The van der Waals surface area contributed by atoms with Crippen LogP contribution in [0.3, 0.4) is 0 Å². The average Bonchev–Trinajstić information content (AvgIpc) is 2.69. The summed E-state index contributed by atoms with van der Waals surface area (Å²) in [5.74, 6) is 0. The molecule has 0 atom stereocenters. The lowest BCUT2D eigenvalue weighted by Gasteiger charge is -2.25. The topological polar surface area (TPSA) is 0 Å². The first-order chi connectivity index (χ1) is 10.3. The lowest BCUT2D eigenvalue weighted by atomic mass is 9.78. The second-order valence-corrected chi connectivity index (χ2v) is 7.38. The monoisotopic (exact) mass is 292 g/mol. The summed E-state index contributed by atoms with van der Waals surface area (Å²) in [7, 11) is 0. The summed E-state index contributed by atoms with van der Waals surface area (Å²) in [6.07, 6.45) is 2.23. The van der Waals surface area contributed by atoms with E-state index in [1.54, 1.807) is 5.56 Å². The Morgan fingerprint density at radius 2 is 1.41 bits per heavy atom. The number of benzene rings is 2. The zero-order valence-electron chi connectivity index (χ0n) is 15.1. The van der Waals surface area contributed by atoms with Crippen LogP contribution in [0.25, 0.3) is 11.1 Å². The Kier molecular flexibility index (Phi) is 3.47. The number of fused-ring (bicyclic) bond motifs is 3. The maximum Gasteiger partial charge on any atom is 0.0161 e. The second kappa shape index (κ2) is 4.98. The van der Waals surface area contributed by atoms with Gasteiger partial charge in [0, 0.05) is 5.41 Å². The van der Waals surface area contributed by atoms with Crippen molar-refractivity contribution in [1.82, 2.24) is 0 Å². The van der Waals surface area contributed by atoms with Crippen molar-refractivity contribution in [3.8, 4) is 11.1 Å². The van der Waals surface area contributed by atoms with Crippen molar-refractivity contribution in [3.05, 3.63) is 57.1 Å². The molecule has 0 radical (unpaired) electrons. The van der Waals surface area contributed by atoms with Gasteiger partial charge in [0.25, 0.3) is 0 Å². The summed E-state index contributed by atoms with van der Waals surface area (Å²) in [4.78, 5) is 0. The summed E-state index contributed by atoms with van der Waals surface area (Å²) in [5.41, 5.74) is 13.6. The van der Waals surface area contributed by atoms with Crippen molar-refractivity contribution >= 4 is 0 Å². The van der Waals surface area contributed by atoms with E-state index in [1.807, 2.05) is 0 Å². The van der Waals surface area contributed by atoms with Crippen molar-refractivity contribution in [1.29, 1.82) is 0 Å². The molecule has 2 aromatic rings. The standard InChI is InChI=1S/C22H28/c1-8-16-12-17(9-2)20-18-10-13(3)14(4)11-19(18)22(6,7)21(20)15(16)5/h10-12H,8-9H2,1-7H3. The van der Waals surface area contributed by atoms with Crippen LogP contribution < -0.4 is 0 Å². The van der Waals surface area contributed by atoms with E-state index in [-0.39, 0.29) is 5.41 Å². The molecule has 116 valence electrons. The second-order valence-electron chi connectivity index (χ2n) is 7.38. The summed E-state index contributed by atoms with van der Waals surface area (Å²) >= 11 is 0. The van der Waals surface area contributed by atoms with Gasteiger partial charge in [-0.05, 0) is 83.7 Å². The molecular formula is C22H28. The maximum absolute atomic E-state index is 2.45. The minimum atomic E-state index is 0.113. The molecule has 0 aromatic heterocycles. The predicted octanol–water partition coefficient (Wildman–Crippen LogP) is 6.04. The molecule has 0 heterocycles. The molecule has 2 aromatic carbocycles. The van der Waals surface area contributed by atoms with Gasteiger partial charge in [-0.1, -0.05) is 45.9 Å². The van der Waals surface area contributed by atoms with Gasteiger partial charge in [0.2, 0.25) is 0 Å². The third-order valence-corrected chi connectivity index (χ3v) is 5.74. The van der Waals surface area contributed by atoms with Crippen LogP contribution in [0.2, 0.25) is 0 Å². The zero-order valence-corrected chi connectivity index (χ0v) is 15.1. The summed E-state index contributed by atoms with van der Waals surface area (Å²) in [6.45, 7) is 16.2. The lowest BCUT2D eigenvalue weighted by molar-refractivity contribution is 0.652. The molecule has 1 aliphatic rings. The number of rotatable bonds is 2. The first-order valence-electron chi connectivity index (χ1n) is 8.60. The fourth-order valence-electron chi connectivity index (χ4n) is 4.31. The molecule has 0 spiro atoms. The normalized spacial score (nSPS) is 14.9. The predicted molar refractivity (Wildman–Crippen MR) is 97.0 cm³/mol. The van der Waals surface area contributed by atoms with Gasteiger partial charge in [0.05, 0.1) is 0 Å². The van der Waals surface area contributed by atoms with Crippen LogP contribution in [0.1, 0.15) is 66.6 Å². The quantitative estimate of drug-likeness (QED) is 0.632. The molecule has 0 fully saturated rings. The van der Waals surface area contributed by atoms with Crippen LogP contribution >= 0.6 is 0 Å². The Hall–Kier alpha value is -1.56. The molecule has 0 amide bonds. The number of hydrogen-bond donors (Lipinski definition) is 0. The largest absolute Gasteiger partial charge is 0.0613 e. The van der Waals surface area contributed by atoms with Crippen LogP contribution in [-0.4, -0.2) is 0 Å². The van der Waals surface area contributed by atoms with Crippen molar-refractivity contribution in [3.63, 3.8) is 0 Å². The van der Waals surface area contributed by atoms with Gasteiger partial charge in [-0.3, -0.25) is 0 Å². The fraction of sp³-hybridized carbons (Fsp3) is 0.455. The Morgan fingerprint density at radius 1 is 0.818 bits per heavy atom. The molecule has 0 nitrogen and oxygen atoms in total. The van der Waals surface area contributed by atoms with Crippen LogP contribution in [0.15, 0.2) is 18.2 Å². The highest BCUT2D eigenvalue weighted by atomic mass is 14.4. The Balaban J connectivity index is 2.46. The highest BCUT2D eigenvalue weighted by Gasteiger charge is 2.38. The van der Waals surface area contributed by atoms with Crippen molar-refractivity contribution in [2.75, 3.05) is 0 Å². The van der Waals surface area contributed by atoms with Crippen LogP contribution in [0.4, 0.5) is 0 Å². The van der Waals surface area contributed by atoms with E-state index in [1.165, 1.54) is 44.5 Å². The SMILES string of the molecule is CCc1cc(CC)c2c(c1C)C(C)(C)c1cc(C)c(C)cc1-2. The molecule has 3 rings (SSSR count). The number of hydrogen-bond acceptors (Lipinski definition) is 0. The summed E-state index contributed by atoms with van der Waals surface area (Å²) in [5, 5.41) is 0. The fourth-order valence-corrected chi connectivity index (χ4v) is 4.31. The van der Waals surface area contributed by atoms with E-state index in [0.717, 1.165) is 12.8 Å². The Labute approximate surface area is 135 Å². The van der Waals surface area contributed by atoms with Crippen LogP contribution in [0.5, 0.6) is 0 Å². The molecule has 0 heteroatoms. The van der Waals surface area contributed by atoms with E-state index >= 15 is 0 Å². The van der Waals surface area contributed by atoms with Gasteiger partial charge >= 0.3 is 0 Å². The highest BCUT2D eigenvalue weighted by Crippen LogP contribution is 2.52. The third kappa shape index (κ3) is 1.89. The van der Waals surface area contributed by atoms with Gasteiger partial charge in [-0.25, -0.2) is 0 Å². The third-order valence-electron chi connectivity index (χ3n) is 5.74. The highest BCUT2D eigenvalue weighted by molar-refractivity contribution is 5.85. The van der Waals surface area contributed by atoms with E-state index in [4.69, 9.17) is 0 Å². The molecule has 1 aliphatic carbocycles. The molecular weight excluding hydrogens is 264 g/mol. The minimum Gasteiger partial charge on any atom is -0.0613 e. The smallest absolute Gasteiger partial charge is 0.0161 e. The van der Waals surface area contributed by atoms with E-state index < -0.39 is 0 Å². The molecule has 0 saturated carbocycles. The van der Waals surface area contributed by atoms with Gasteiger partial charge in [0.1, 0.15) is 0 Å².